The molecule has 0 atom stereocenters. The minimum atomic E-state index is -3.53. The highest BCUT2D eigenvalue weighted by molar-refractivity contribution is 7.92. The average molecular weight is 515 g/mol. The number of anilines is 2. The molecule has 0 fully saturated rings. The number of halogens is 1. The van der Waals surface area contributed by atoms with E-state index in [1.54, 1.807) is 37.3 Å². The number of carbonyl (C=O) groups is 2. The van der Waals surface area contributed by atoms with E-state index >= 15 is 0 Å². The Morgan fingerprint density at radius 1 is 1.00 bits per heavy atom. The van der Waals surface area contributed by atoms with Crippen LogP contribution < -0.4 is 9.62 Å². The van der Waals surface area contributed by atoms with Crippen molar-refractivity contribution in [2.24, 2.45) is 0 Å². The molecule has 0 heterocycles. The van der Waals surface area contributed by atoms with Gasteiger partial charge in [-0.25, -0.2) is 13.2 Å². The first kappa shape index (κ1) is 26.2. The van der Waals surface area contributed by atoms with Crippen LogP contribution >= 0.6 is 11.6 Å². The van der Waals surface area contributed by atoms with Gasteiger partial charge in [0.1, 0.15) is 0 Å². The van der Waals surface area contributed by atoms with Gasteiger partial charge in [0, 0.05) is 11.3 Å². The zero-order valence-electron chi connectivity index (χ0n) is 20.0. The van der Waals surface area contributed by atoms with Crippen molar-refractivity contribution in [2.75, 3.05) is 22.5 Å². The van der Waals surface area contributed by atoms with Gasteiger partial charge in [0.2, 0.25) is 10.0 Å². The van der Waals surface area contributed by atoms with Gasteiger partial charge in [-0.1, -0.05) is 35.9 Å². The second-order valence-corrected chi connectivity index (χ2v) is 10.4. The summed E-state index contributed by atoms with van der Waals surface area (Å²) in [5.41, 5.74) is 4.20. The lowest BCUT2D eigenvalue weighted by atomic mass is 10.1. The topological polar surface area (TPSA) is 92.8 Å². The van der Waals surface area contributed by atoms with E-state index in [4.69, 9.17) is 16.3 Å². The van der Waals surface area contributed by atoms with E-state index in [0.717, 1.165) is 16.7 Å². The SMILES string of the molecule is CCOC(=O)c1ccc(NC(=O)c2ccc(CN(c3cc(C)ccc3C)S(C)(=O)=O)cc2)cc1Cl. The summed E-state index contributed by atoms with van der Waals surface area (Å²) in [4.78, 5) is 24.6. The summed E-state index contributed by atoms with van der Waals surface area (Å²) < 4.78 is 31.4. The first-order chi connectivity index (χ1) is 16.5. The number of nitrogens with zero attached hydrogens (tertiary/aromatic N) is 1. The van der Waals surface area contributed by atoms with Crippen molar-refractivity contribution in [3.8, 4) is 0 Å². The average Bonchev–Trinajstić information content (AvgIpc) is 2.79. The summed E-state index contributed by atoms with van der Waals surface area (Å²) in [5, 5.41) is 2.91. The number of rotatable bonds is 8. The highest BCUT2D eigenvalue weighted by Gasteiger charge is 2.20. The Morgan fingerprint density at radius 2 is 1.69 bits per heavy atom. The first-order valence-electron chi connectivity index (χ1n) is 10.9. The number of carbonyl (C=O) groups excluding carboxylic acids is 2. The van der Waals surface area contributed by atoms with Crippen LogP contribution in [-0.4, -0.2) is 33.2 Å². The Bertz CT molecular complexity index is 1350. The fourth-order valence-electron chi connectivity index (χ4n) is 3.47. The van der Waals surface area contributed by atoms with E-state index in [1.807, 2.05) is 32.0 Å². The molecule has 0 radical (unpaired) electrons. The maximum absolute atomic E-state index is 12.7. The fourth-order valence-corrected chi connectivity index (χ4v) is 4.66. The molecule has 0 spiro atoms. The van der Waals surface area contributed by atoms with Gasteiger partial charge >= 0.3 is 5.97 Å². The quantitative estimate of drug-likeness (QED) is 0.409. The van der Waals surface area contributed by atoms with Crippen LogP contribution in [0.4, 0.5) is 11.4 Å². The van der Waals surface area contributed by atoms with E-state index < -0.39 is 16.0 Å². The number of benzene rings is 3. The summed E-state index contributed by atoms with van der Waals surface area (Å²) in [7, 11) is -3.53. The first-order valence-corrected chi connectivity index (χ1v) is 13.1. The van der Waals surface area contributed by atoms with Gasteiger partial charge in [-0.3, -0.25) is 9.10 Å². The summed E-state index contributed by atoms with van der Waals surface area (Å²) >= 11 is 6.16. The minimum Gasteiger partial charge on any atom is -0.462 e. The summed E-state index contributed by atoms with van der Waals surface area (Å²) in [5.74, 6) is -0.902. The number of aryl methyl sites for hydroxylation is 2. The van der Waals surface area contributed by atoms with Crippen LogP contribution in [0.15, 0.2) is 60.7 Å². The van der Waals surface area contributed by atoms with E-state index in [0.29, 0.717) is 16.9 Å². The van der Waals surface area contributed by atoms with Crippen molar-refractivity contribution in [2.45, 2.75) is 27.3 Å². The van der Waals surface area contributed by atoms with Gasteiger partial charge in [-0.05, 0) is 73.9 Å². The highest BCUT2D eigenvalue weighted by Crippen LogP contribution is 2.26. The largest absolute Gasteiger partial charge is 0.462 e. The van der Waals surface area contributed by atoms with Crippen LogP contribution in [0.3, 0.4) is 0 Å². The normalized spacial score (nSPS) is 11.1. The van der Waals surface area contributed by atoms with Gasteiger partial charge in [-0.2, -0.15) is 0 Å². The van der Waals surface area contributed by atoms with E-state index in [-0.39, 0.29) is 29.6 Å². The Morgan fingerprint density at radius 3 is 2.29 bits per heavy atom. The smallest absolute Gasteiger partial charge is 0.339 e. The molecule has 0 aromatic heterocycles. The molecule has 184 valence electrons. The lowest BCUT2D eigenvalue weighted by Crippen LogP contribution is -2.30. The van der Waals surface area contributed by atoms with Gasteiger partial charge in [0.25, 0.3) is 5.91 Å². The van der Waals surface area contributed by atoms with E-state index in [9.17, 15) is 18.0 Å². The monoisotopic (exact) mass is 514 g/mol. The van der Waals surface area contributed by atoms with E-state index in [2.05, 4.69) is 5.32 Å². The van der Waals surface area contributed by atoms with E-state index in [1.165, 1.54) is 22.7 Å². The molecule has 35 heavy (non-hydrogen) atoms. The van der Waals surface area contributed by atoms with Crippen molar-refractivity contribution in [3.63, 3.8) is 0 Å². The molecule has 0 saturated carbocycles. The zero-order chi connectivity index (χ0) is 25.8. The number of amides is 1. The van der Waals surface area contributed by atoms with Gasteiger partial charge < -0.3 is 10.1 Å². The van der Waals surface area contributed by atoms with Crippen LogP contribution in [0, 0.1) is 13.8 Å². The van der Waals surface area contributed by atoms with Crippen LogP contribution in [0.1, 0.15) is 44.3 Å². The predicted octanol–water partition coefficient (Wildman–Crippen LogP) is 5.35. The summed E-state index contributed by atoms with van der Waals surface area (Å²) in [6.45, 7) is 5.85. The third-order valence-electron chi connectivity index (χ3n) is 5.30. The van der Waals surface area contributed by atoms with Crippen molar-refractivity contribution in [1.29, 1.82) is 0 Å². The maximum Gasteiger partial charge on any atom is 0.339 e. The third-order valence-corrected chi connectivity index (χ3v) is 6.74. The third kappa shape index (κ3) is 6.61. The number of hydrogen-bond acceptors (Lipinski definition) is 5. The standard InChI is InChI=1S/C26H27ClN2O5S/c1-5-34-26(31)22-13-12-21(15-23(22)27)28-25(30)20-10-8-19(9-11-20)16-29(35(4,32)33)24-14-17(2)6-7-18(24)3/h6-15H,5,16H2,1-4H3,(H,28,30). The zero-order valence-corrected chi connectivity index (χ0v) is 21.5. The fraction of sp³-hybridized carbons (Fsp3) is 0.231. The molecule has 0 aliphatic heterocycles. The second kappa shape index (κ2) is 10.9. The number of sulfonamides is 1. The molecule has 3 aromatic carbocycles. The Kier molecular flexibility index (Phi) is 8.19. The van der Waals surface area contributed by atoms with Crippen LogP contribution in [0.2, 0.25) is 5.02 Å². The number of hydrogen-bond donors (Lipinski definition) is 1. The van der Waals surface area contributed by atoms with Gasteiger partial charge in [0.15, 0.2) is 0 Å². The molecule has 1 amide bonds. The van der Waals surface area contributed by atoms with Crippen molar-refractivity contribution in [1.82, 2.24) is 0 Å². The second-order valence-electron chi connectivity index (χ2n) is 8.13. The molecule has 0 aliphatic rings. The Hall–Kier alpha value is -3.36. The maximum atomic E-state index is 12.7. The molecular weight excluding hydrogens is 488 g/mol. The Balaban J connectivity index is 1.75. The molecular formula is C26H27ClN2O5S. The molecule has 7 nitrogen and oxygen atoms in total. The van der Waals surface area contributed by atoms with Gasteiger partial charge in [-0.15, -0.1) is 0 Å². The number of ether oxygens (including phenoxy) is 1. The molecule has 0 saturated heterocycles. The van der Waals surface area contributed by atoms with Crippen molar-refractivity contribution < 1.29 is 22.7 Å². The molecule has 3 aromatic rings. The van der Waals surface area contributed by atoms with Crippen molar-refractivity contribution >= 4 is 44.9 Å². The highest BCUT2D eigenvalue weighted by atomic mass is 35.5. The van der Waals surface area contributed by atoms with Gasteiger partial charge in [0.05, 0.1) is 35.7 Å². The number of esters is 1. The molecule has 0 unspecified atom stereocenters. The molecule has 0 bridgehead atoms. The molecule has 3 rings (SSSR count). The lowest BCUT2D eigenvalue weighted by Gasteiger charge is -2.25. The molecule has 9 heteroatoms. The summed E-state index contributed by atoms with van der Waals surface area (Å²) in [6, 6.07) is 16.9. The summed E-state index contributed by atoms with van der Waals surface area (Å²) in [6.07, 6.45) is 1.18. The van der Waals surface area contributed by atoms with Crippen LogP contribution in [0.5, 0.6) is 0 Å². The molecule has 1 N–H and O–H groups in total. The Labute approximate surface area is 210 Å². The number of nitrogens with one attached hydrogen (secondary N) is 1. The molecule has 0 aliphatic carbocycles. The van der Waals surface area contributed by atoms with Crippen LogP contribution in [0.25, 0.3) is 0 Å². The lowest BCUT2D eigenvalue weighted by molar-refractivity contribution is 0.0526. The van der Waals surface area contributed by atoms with Crippen molar-refractivity contribution in [3.05, 3.63) is 93.5 Å². The minimum absolute atomic E-state index is 0.135. The van der Waals surface area contributed by atoms with Crippen LogP contribution in [-0.2, 0) is 21.3 Å². The predicted molar refractivity (Wildman–Crippen MR) is 139 cm³/mol.